The van der Waals surface area contributed by atoms with Crippen molar-refractivity contribution in [2.45, 2.75) is 46.1 Å². The Bertz CT molecular complexity index is 716. The van der Waals surface area contributed by atoms with Crippen LogP contribution in [0.4, 0.5) is 5.69 Å². The van der Waals surface area contributed by atoms with Gasteiger partial charge in [-0.05, 0) is 63.3 Å². The van der Waals surface area contributed by atoms with Gasteiger partial charge in [-0.2, -0.15) is 0 Å². The van der Waals surface area contributed by atoms with Crippen molar-refractivity contribution in [1.29, 1.82) is 0 Å². The number of rotatable bonds is 5. The fraction of sp³-hybridized carbons (Fsp3) is 0.409. The van der Waals surface area contributed by atoms with E-state index in [0.29, 0.717) is 12.6 Å². The predicted molar refractivity (Wildman–Crippen MR) is 104 cm³/mol. The molecule has 0 saturated carbocycles. The highest BCUT2D eigenvalue weighted by Crippen LogP contribution is 2.23. The van der Waals surface area contributed by atoms with Crippen molar-refractivity contribution in [1.82, 2.24) is 4.90 Å². The maximum absolute atomic E-state index is 12.6. The summed E-state index contributed by atoms with van der Waals surface area (Å²) in [7, 11) is 0. The molecule has 3 heteroatoms. The van der Waals surface area contributed by atoms with Crippen molar-refractivity contribution >= 4 is 11.6 Å². The minimum Gasteiger partial charge on any atom is -0.324 e. The highest BCUT2D eigenvalue weighted by Gasteiger charge is 2.26. The lowest BCUT2D eigenvalue weighted by atomic mass is 10.0. The number of anilines is 1. The zero-order valence-corrected chi connectivity index (χ0v) is 15.5. The Morgan fingerprint density at radius 2 is 1.80 bits per heavy atom. The molecule has 0 bridgehead atoms. The Morgan fingerprint density at radius 1 is 1.12 bits per heavy atom. The number of amides is 1. The van der Waals surface area contributed by atoms with E-state index in [0.717, 1.165) is 29.8 Å². The van der Waals surface area contributed by atoms with Crippen LogP contribution in [0.3, 0.4) is 0 Å². The van der Waals surface area contributed by atoms with E-state index >= 15 is 0 Å². The topological polar surface area (TPSA) is 32.3 Å². The Morgan fingerprint density at radius 3 is 2.48 bits per heavy atom. The molecule has 1 fully saturated rings. The molecule has 0 spiro atoms. The average Bonchev–Trinajstić information content (AvgIpc) is 2.98. The van der Waals surface area contributed by atoms with Crippen LogP contribution in [0.25, 0.3) is 0 Å². The Labute approximate surface area is 151 Å². The fourth-order valence-corrected chi connectivity index (χ4v) is 3.96. The van der Waals surface area contributed by atoms with Crippen molar-refractivity contribution in [3.8, 4) is 0 Å². The van der Waals surface area contributed by atoms with Crippen LogP contribution < -0.4 is 5.32 Å². The van der Waals surface area contributed by atoms with E-state index in [2.05, 4.69) is 73.5 Å². The number of carbonyl (C=O) groups excluding carboxylic acids is 1. The number of nitrogens with zero attached hydrogens (tertiary/aromatic N) is 1. The van der Waals surface area contributed by atoms with Crippen molar-refractivity contribution in [3.63, 3.8) is 0 Å². The quantitative estimate of drug-likeness (QED) is 0.885. The summed E-state index contributed by atoms with van der Waals surface area (Å²) in [5, 5.41) is 3.14. The minimum atomic E-state index is 0.0926. The molecular formula is C22H28N2O. The summed E-state index contributed by atoms with van der Waals surface area (Å²) in [6, 6.07) is 15.3. The number of nitrogens with one attached hydrogen (secondary N) is 1. The summed E-state index contributed by atoms with van der Waals surface area (Å²) in [6.07, 6.45) is 3.37. The van der Waals surface area contributed by atoms with Gasteiger partial charge in [-0.15, -0.1) is 0 Å². The molecule has 1 unspecified atom stereocenters. The molecule has 2 aromatic carbocycles. The third-order valence-electron chi connectivity index (χ3n) is 5.10. The van der Waals surface area contributed by atoms with Gasteiger partial charge in [0, 0.05) is 11.7 Å². The molecule has 1 atom stereocenters. The van der Waals surface area contributed by atoms with E-state index in [1.54, 1.807) is 0 Å². The summed E-state index contributed by atoms with van der Waals surface area (Å²) >= 11 is 0. The third kappa shape index (κ3) is 4.49. The number of carbonyl (C=O) groups is 1. The van der Waals surface area contributed by atoms with Gasteiger partial charge < -0.3 is 5.32 Å². The molecule has 1 saturated heterocycles. The number of likely N-dealkylation sites (tertiary alicyclic amines) is 1. The molecule has 1 amide bonds. The third-order valence-corrected chi connectivity index (χ3v) is 5.10. The van der Waals surface area contributed by atoms with Gasteiger partial charge in [0.05, 0.1) is 6.54 Å². The van der Waals surface area contributed by atoms with Crippen molar-refractivity contribution < 1.29 is 4.79 Å². The van der Waals surface area contributed by atoms with Gasteiger partial charge in [-0.25, -0.2) is 0 Å². The summed E-state index contributed by atoms with van der Waals surface area (Å²) in [4.78, 5) is 14.9. The molecular weight excluding hydrogens is 308 g/mol. The molecule has 1 aliphatic heterocycles. The Balaban J connectivity index is 1.62. The highest BCUT2D eigenvalue weighted by molar-refractivity contribution is 5.93. The van der Waals surface area contributed by atoms with Crippen LogP contribution >= 0.6 is 0 Å². The Hall–Kier alpha value is -2.13. The van der Waals surface area contributed by atoms with Crippen LogP contribution in [0.5, 0.6) is 0 Å². The van der Waals surface area contributed by atoms with Gasteiger partial charge >= 0.3 is 0 Å². The molecule has 2 aromatic rings. The van der Waals surface area contributed by atoms with Crippen LogP contribution in [-0.4, -0.2) is 29.9 Å². The van der Waals surface area contributed by atoms with Gasteiger partial charge in [0.25, 0.3) is 0 Å². The first-order valence-corrected chi connectivity index (χ1v) is 9.18. The van der Waals surface area contributed by atoms with Crippen LogP contribution in [0.2, 0.25) is 0 Å². The minimum absolute atomic E-state index is 0.0926. The van der Waals surface area contributed by atoms with Crippen molar-refractivity contribution in [2.75, 3.05) is 18.4 Å². The summed E-state index contributed by atoms with van der Waals surface area (Å²) < 4.78 is 0. The molecule has 3 nitrogen and oxygen atoms in total. The molecule has 25 heavy (non-hydrogen) atoms. The lowest BCUT2D eigenvalue weighted by Gasteiger charge is -2.24. The van der Waals surface area contributed by atoms with Crippen molar-refractivity contribution in [2.24, 2.45) is 0 Å². The van der Waals surface area contributed by atoms with E-state index in [4.69, 9.17) is 0 Å². The first-order valence-electron chi connectivity index (χ1n) is 9.18. The highest BCUT2D eigenvalue weighted by atomic mass is 16.2. The Kier molecular flexibility index (Phi) is 5.54. The number of hydrogen-bond acceptors (Lipinski definition) is 2. The fourth-order valence-electron chi connectivity index (χ4n) is 3.96. The molecule has 132 valence electrons. The molecule has 1 heterocycles. The predicted octanol–water partition coefficient (Wildman–Crippen LogP) is 4.26. The largest absolute Gasteiger partial charge is 0.324 e. The molecule has 1 N–H and O–H groups in total. The maximum atomic E-state index is 12.6. The molecule has 1 aliphatic rings. The van der Waals surface area contributed by atoms with Gasteiger partial charge in [-0.1, -0.05) is 48.0 Å². The van der Waals surface area contributed by atoms with E-state index < -0.39 is 0 Å². The summed E-state index contributed by atoms with van der Waals surface area (Å²) in [6.45, 7) is 7.69. The molecule has 0 aliphatic carbocycles. The zero-order valence-electron chi connectivity index (χ0n) is 15.5. The maximum Gasteiger partial charge on any atom is 0.238 e. The SMILES string of the molecule is Cc1cc(C)c(NC(=O)CN2CCCC2Cc2ccccc2)c(C)c1. The second-order valence-corrected chi connectivity index (χ2v) is 7.28. The molecule has 0 radical (unpaired) electrons. The summed E-state index contributed by atoms with van der Waals surface area (Å²) in [5.74, 6) is 0.0926. The van der Waals surface area contributed by atoms with E-state index in [1.165, 1.54) is 24.0 Å². The zero-order chi connectivity index (χ0) is 17.8. The van der Waals surface area contributed by atoms with Gasteiger partial charge in [-0.3, -0.25) is 9.69 Å². The smallest absolute Gasteiger partial charge is 0.238 e. The standard InChI is InChI=1S/C22H28N2O/c1-16-12-17(2)22(18(3)13-16)23-21(25)15-24-11-7-10-20(24)14-19-8-5-4-6-9-19/h4-6,8-9,12-13,20H,7,10-11,14-15H2,1-3H3,(H,23,25). The van der Waals surface area contributed by atoms with Crippen LogP contribution in [0.1, 0.15) is 35.1 Å². The van der Waals surface area contributed by atoms with Crippen LogP contribution in [0, 0.1) is 20.8 Å². The summed E-state index contributed by atoms with van der Waals surface area (Å²) in [5.41, 5.74) is 5.82. The first-order chi connectivity index (χ1) is 12.0. The normalized spacial score (nSPS) is 17.6. The van der Waals surface area contributed by atoms with Gasteiger partial charge in [0.2, 0.25) is 5.91 Å². The second-order valence-electron chi connectivity index (χ2n) is 7.28. The van der Waals surface area contributed by atoms with Crippen molar-refractivity contribution in [3.05, 3.63) is 64.7 Å². The second kappa shape index (κ2) is 7.83. The van der Waals surface area contributed by atoms with Gasteiger partial charge in [0.1, 0.15) is 0 Å². The number of hydrogen-bond donors (Lipinski definition) is 1. The number of benzene rings is 2. The lowest BCUT2D eigenvalue weighted by Crippen LogP contribution is -2.38. The molecule has 3 rings (SSSR count). The van der Waals surface area contributed by atoms with Crippen LogP contribution in [0.15, 0.2) is 42.5 Å². The van der Waals surface area contributed by atoms with Crippen LogP contribution in [-0.2, 0) is 11.2 Å². The van der Waals surface area contributed by atoms with E-state index in [-0.39, 0.29) is 5.91 Å². The number of aryl methyl sites for hydroxylation is 3. The first kappa shape index (κ1) is 17.7. The van der Waals surface area contributed by atoms with Gasteiger partial charge in [0.15, 0.2) is 0 Å². The molecule has 0 aromatic heterocycles. The monoisotopic (exact) mass is 336 g/mol. The van der Waals surface area contributed by atoms with E-state index in [1.807, 2.05) is 0 Å². The average molecular weight is 336 g/mol. The lowest BCUT2D eigenvalue weighted by molar-refractivity contribution is -0.117. The van der Waals surface area contributed by atoms with E-state index in [9.17, 15) is 4.79 Å².